The Labute approximate surface area is 192 Å². The molecule has 1 atom stereocenters. The minimum Gasteiger partial charge on any atom is -0.381 e. The van der Waals surface area contributed by atoms with Crippen molar-refractivity contribution in [3.63, 3.8) is 0 Å². The third kappa shape index (κ3) is 4.49. The molecule has 0 aliphatic carbocycles. The first-order chi connectivity index (χ1) is 15.7. The number of likely N-dealkylation sites (tertiary alicyclic amines) is 1. The Morgan fingerprint density at radius 1 is 1.09 bits per heavy atom. The van der Waals surface area contributed by atoms with Crippen molar-refractivity contribution in [3.05, 3.63) is 35.4 Å². The lowest BCUT2D eigenvalue weighted by Gasteiger charge is -2.43. The number of rotatable bonds is 5. The molecule has 3 aliphatic rings. The molecule has 182 valence electrons. The molecule has 3 heterocycles. The quantitative estimate of drug-likeness (QED) is 0.606. The van der Waals surface area contributed by atoms with Gasteiger partial charge in [0.05, 0.1) is 11.6 Å². The standard InChI is InChI=1S/C24H32F3N3O3/c1-3-29-22(32)30(17(2)19-4-6-20(7-5-19)24(25,26)27)21(31)23(29)10-12-28(13-11-23)16-18-8-14-33-15-9-18/h4-7,17-18H,3,8-16H2,1-2H3/t17-/m1/s1. The van der Waals surface area contributed by atoms with E-state index in [0.717, 1.165) is 57.8 Å². The van der Waals surface area contributed by atoms with Crippen LogP contribution in [0.4, 0.5) is 18.0 Å². The van der Waals surface area contributed by atoms with Gasteiger partial charge in [-0.3, -0.25) is 9.69 Å². The van der Waals surface area contributed by atoms with Crippen molar-refractivity contribution >= 4 is 11.9 Å². The molecule has 4 rings (SSSR count). The lowest BCUT2D eigenvalue weighted by molar-refractivity contribution is -0.138. The molecule has 0 bridgehead atoms. The van der Waals surface area contributed by atoms with Gasteiger partial charge in [0.25, 0.3) is 5.91 Å². The minimum atomic E-state index is -4.43. The molecule has 3 saturated heterocycles. The Morgan fingerprint density at radius 2 is 1.70 bits per heavy atom. The highest BCUT2D eigenvalue weighted by Gasteiger charge is 2.58. The van der Waals surface area contributed by atoms with Crippen LogP contribution in [0, 0.1) is 5.92 Å². The van der Waals surface area contributed by atoms with Gasteiger partial charge in [0, 0.05) is 39.4 Å². The molecule has 6 nitrogen and oxygen atoms in total. The molecular weight excluding hydrogens is 435 g/mol. The number of carbonyl (C=O) groups excluding carboxylic acids is 2. The summed E-state index contributed by atoms with van der Waals surface area (Å²) in [5, 5.41) is 0. The summed E-state index contributed by atoms with van der Waals surface area (Å²) in [4.78, 5) is 32.2. The zero-order chi connectivity index (χ0) is 23.8. The van der Waals surface area contributed by atoms with Crippen LogP contribution in [0.15, 0.2) is 24.3 Å². The number of likely N-dealkylation sites (N-methyl/N-ethyl adjacent to an activating group) is 1. The first-order valence-corrected chi connectivity index (χ1v) is 11.8. The molecule has 3 amide bonds. The van der Waals surface area contributed by atoms with E-state index in [-0.39, 0.29) is 11.9 Å². The van der Waals surface area contributed by atoms with Gasteiger partial charge in [-0.15, -0.1) is 0 Å². The van der Waals surface area contributed by atoms with E-state index >= 15 is 0 Å². The normalized spacial score (nSPS) is 23.5. The first-order valence-electron chi connectivity index (χ1n) is 11.8. The molecule has 33 heavy (non-hydrogen) atoms. The summed E-state index contributed by atoms with van der Waals surface area (Å²) in [5.74, 6) is 0.375. The third-order valence-corrected chi connectivity index (χ3v) is 7.53. The van der Waals surface area contributed by atoms with Crippen LogP contribution in [0.2, 0.25) is 0 Å². The van der Waals surface area contributed by atoms with Gasteiger partial charge in [-0.2, -0.15) is 13.2 Å². The van der Waals surface area contributed by atoms with Gasteiger partial charge in [0.1, 0.15) is 5.54 Å². The number of imide groups is 1. The van der Waals surface area contributed by atoms with Crippen molar-refractivity contribution in [1.29, 1.82) is 0 Å². The maximum absolute atomic E-state index is 13.6. The van der Waals surface area contributed by atoms with Crippen LogP contribution in [-0.2, 0) is 15.7 Å². The summed E-state index contributed by atoms with van der Waals surface area (Å²) in [5.41, 5.74) is -1.10. The number of hydrogen-bond donors (Lipinski definition) is 0. The molecule has 0 aromatic heterocycles. The van der Waals surface area contributed by atoms with Gasteiger partial charge < -0.3 is 14.5 Å². The van der Waals surface area contributed by atoms with Gasteiger partial charge in [0.15, 0.2) is 0 Å². The highest BCUT2D eigenvalue weighted by atomic mass is 19.4. The minimum absolute atomic E-state index is 0.229. The van der Waals surface area contributed by atoms with Crippen LogP contribution in [0.3, 0.4) is 0 Å². The number of alkyl halides is 3. The van der Waals surface area contributed by atoms with Crippen LogP contribution >= 0.6 is 0 Å². The third-order valence-electron chi connectivity index (χ3n) is 7.53. The van der Waals surface area contributed by atoms with Gasteiger partial charge in [-0.1, -0.05) is 12.1 Å². The Morgan fingerprint density at radius 3 is 2.24 bits per heavy atom. The molecule has 9 heteroatoms. The highest BCUT2D eigenvalue weighted by Crippen LogP contribution is 2.41. The maximum atomic E-state index is 13.6. The predicted octanol–water partition coefficient (Wildman–Crippen LogP) is 4.31. The number of halogens is 3. The van der Waals surface area contributed by atoms with Crippen LogP contribution in [0.5, 0.6) is 0 Å². The van der Waals surface area contributed by atoms with Crippen LogP contribution in [0.1, 0.15) is 56.7 Å². The fourth-order valence-corrected chi connectivity index (χ4v) is 5.50. The number of carbonyl (C=O) groups is 2. The van der Waals surface area contributed by atoms with E-state index in [2.05, 4.69) is 4.90 Å². The number of ether oxygens (including phenoxy) is 1. The van der Waals surface area contributed by atoms with Gasteiger partial charge in [0.2, 0.25) is 0 Å². The van der Waals surface area contributed by atoms with Gasteiger partial charge >= 0.3 is 12.2 Å². The van der Waals surface area contributed by atoms with E-state index in [1.807, 2.05) is 6.92 Å². The van der Waals surface area contributed by atoms with Crippen molar-refractivity contribution in [1.82, 2.24) is 14.7 Å². The number of benzene rings is 1. The summed E-state index contributed by atoms with van der Waals surface area (Å²) in [7, 11) is 0. The number of hydrogen-bond acceptors (Lipinski definition) is 4. The van der Waals surface area contributed by atoms with E-state index in [1.54, 1.807) is 11.8 Å². The van der Waals surface area contributed by atoms with E-state index in [1.165, 1.54) is 17.0 Å². The Kier molecular flexibility index (Phi) is 6.73. The van der Waals surface area contributed by atoms with Crippen LogP contribution < -0.4 is 0 Å². The van der Waals surface area contributed by atoms with Crippen molar-refractivity contribution in [2.24, 2.45) is 5.92 Å². The highest BCUT2D eigenvalue weighted by molar-refractivity contribution is 6.07. The summed E-state index contributed by atoms with van der Waals surface area (Å²) >= 11 is 0. The molecule has 1 aromatic rings. The lowest BCUT2D eigenvalue weighted by Crippen LogP contribution is -2.57. The molecule has 0 unspecified atom stereocenters. The number of amides is 3. The zero-order valence-corrected chi connectivity index (χ0v) is 19.2. The van der Waals surface area contributed by atoms with Crippen molar-refractivity contribution in [3.8, 4) is 0 Å². The number of urea groups is 1. The van der Waals surface area contributed by atoms with Gasteiger partial charge in [-0.05, 0) is 63.1 Å². The molecule has 1 spiro atoms. The summed E-state index contributed by atoms with van der Waals surface area (Å²) < 4.78 is 44.2. The van der Waals surface area contributed by atoms with Crippen molar-refractivity contribution in [2.75, 3.05) is 39.4 Å². The largest absolute Gasteiger partial charge is 0.416 e. The van der Waals surface area contributed by atoms with Crippen LogP contribution in [0.25, 0.3) is 0 Å². The maximum Gasteiger partial charge on any atom is 0.416 e. The molecule has 0 N–H and O–H groups in total. The van der Waals surface area contributed by atoms with Crippen LogP contribution in [-0.4, -0.2) is 71.6 Å². The molecule has 3 aliphatic heterocycles. The summed E-state index contributed by atoms with van der Waals surface area (Å²) in [6, 6.07) is 3.71. The summed E-state index contributed by atoms with van der Waals surface area (Å²) in [6.07, 6.45) is -1.17. The van der Waals surface area contributed by atoms with Gasteiger partial charge in [-0.25, -0.2) is 4.79 Å². The summed E-state index contributed by atoms with van der Waals surface area (Å²) in [6.45, 7) is 8.07. The fourth-order valence-electron chi connectivity index (χ4n) is 5.50. The first kappa shape index (κ1) is 24.0. The van der Waals surface area contributed by atoms with E-state index in [9.17, 15) is 22.8 Å². The second-order valence-corrected chi connectivity index (χ2v) is 9.39. The predicted molar refractivity (Wildman–Crippen MR) is 116 cm³/mol. The fraction of sp³-hybridized carbons (Fsp3) is 0.667. The SMILES string of the molecule is CCN1C(=O)N([C@H](C)c2ccc(C(F)(F)F)cc2)C(=O)C12CCN(CC1CCOCC1)CC2. The number of piperidine rings is 1. The van der Waals surface area contributed by atoms with Crippen molar-refractivity contribution < 1.29 is 27.5 Å². The average molecular weight is 468 g/mol. The smallest absolute Gasteiger partial charge is 0.381 e. The second-order valence-electron chi connectivity index (χ2n) is 9.39. The van der Waals surface area contributed by atoms with Crippen molar-refractivity contribution in [2.45, 2.75) is 57.3 Å². The molecule has 0 saturated carbocycles. The monoisotopic (exact) mass is 467 g/mol. The van der Waals surface area contributed by atoms with E-state index in [4.69, 9.17) is 4.74 Å². The molecule has 3 fully saturated rings. The van der Waals surface area contributed by atoms with E-state index in [0.29, 0.717) is 30.9 Å². The molecule has 1 aromatic carbocycles. The second kappa shape index (κ2) is 9.25. The Bertz CT molecular complexity index is 860. The Balaban J connectivity index is 1.48. The zero-order valence-electron chi connectivity index (χ0n) is 19.2. The molecule has 0 radical (unpaired) electrons. The van der Waals surface area contributed by atoms with E-state index < -0.39 is 23.3 Å². The molecular formula is C24H32F3N3O3. The topological polar surface area (TPSA) is 53.1 Å². The number of nitrogens with zero attached hydrogens (tertiary/aromatic N) is 3. The lowest BCUT2D eigenvalue weighted by atomic mass is 9.85. The average Bonchev–Trinajstić information content (AvgIpc) is 3.00. The Hall–Kier alpha value is -2.13.